The van der Waals surface area contributed by atoms with Crippen molar-refractivity contribution < 1.29 is 0 Å². The Bertz CT molecular complexity index is 6300. The quantitative estimate of drug-likeness (QED) is 0.107. The van der Waals surface area contributed by atoms with E-state index in [1.165, 1.54) is 60.2 Å². The van der Waals surface area contributed by atoms with Gasteiger partial charge in [-0.3, -0.25) is 0 Å². The van der Waals surface area contributed by atoms with Crippen LogP contribution in [0.1, 0.15) is 22.3 Å². The van der Waals surface area contributed by atoms with Crippen molar-refractivity contribution in [1.82, 2.24) is 9.13 Å². The minimum absolute atomic E-state index is 0.316. The van der Waals surface area contributed by atoms with Crippen LogP contribution in [0.15, 0.2) is 437 Å². The zero-order valence-electron chi connectivity index (χ0n) is 61.9. The second-order valence-corrected chi connectivity index (χ2v) is 29.7. The third kappa shape index (κ3) is 10.3. The molecule has 0 N–H and O–H groups in total. The Balaban J connectivity index is 0.904. The molecule has 22 rings (SSSR count). The molecule has 0 spiro atoms. The van der Waals surface area contributed by atoms with Crippen molar-refractivity contribution in [3.8, 4) is 78.7 Å². The average molecular weight is 1440 g/mol. The zero-order valence-corrected chi connectivity index (χ0v) is 61.9. The van der Waals surface area contributed by atoms with Crippen LogP contribution < -0.4 is 31.1 Å². The lowest BCUT2D eigenvalue weighted by atomic mass is 9.33. The van der Waals surface area contributed by atoms with E-state index in [4.69, 9.17) is 0 Å². The summed E-state index contributed by atoms with van der Waals surface area (Å²) < 4.78 is 5.11. The monoisotopic (exact) mass is 1440 g/mol. The molecule has 0 saturated carbocycles. The summed E-state index contributed by atoms with van der Waals surface area (Å²) in [6, 6.07) is 163. The molecule has 5 heterocycles. The van der Waals surface area contributed by atoms with Crippen LogP contribution >= 0.6 is 0 Å². The van der Waals surface area contributed by atoms with Gasteiger partial charge < -0.3 is 23.8 Å². The summed E-state index contributed by atoms with van der Waals surface area (Å²) in [6.45, 7) is -0.316. The van der Waals surface area contributed by atoms with E-state index < -0.39 is 5.41 Å². The summed E-state index contributed by atoms with van der Waals surface area (Å²) in [6.07, 6.45) is 0. The Hall–Kier alpha value is -14.7. The second-order valence-electron chi connectivity index (χ2n) is 29.7. The Labute approximate surface area is 658 Å². The van der Waals surface area contributed by atoms with Crippen molar-refractivity contribution in [2.75, 3.05) is 14.7 Å². The SMILES string of the molecule is c1ccc(-c2ccccc2N2c3cc(-n4c(-c5ccccc5)c5ccccc5c4-c4ccccc4)ccc3B3c4ccc(-n5c(-c6ccccc6)c6ccccc6c5-c5ccccc5)cc4N(c4ccccc4-c4ccccc4)c4cc(N5c6ccccc6C(c6ccccc6)(c6ccccc6)c6ccccc65)cc2c43)cc1. The van der Waals surface area contributed by atoms with Gasteiger partial charge in [-0.2, -0.15) is 0 Å². The summed E-state index contributed by atoms with van der Waals surface area (Å²) in [4.78, 5) is 7.89. The number of nitrogens with zero attached hydrogens (tertiary/aromatic N) is 5. The van der Waals surface area contributed by atoms with Crippen molar-refractivity contribution in [3.63, 3.8) is 0 Å². The third-order valence-electron chi connectivity index (χ3n) is 23.7. The molecule has 0 bridgehead atoms. The summed E-state index contributed by atoms with van der Waals surface area (Å²) in [7, 11) is 0. The molecule has 0 atom stereocenters. The van der Waals surface area contributed by atoms with E-state index in [0.29, 0.717) is 0 Å². The van der Waals surface area contributed by atoms with Crippen LogP contribution in [0, 0.1) is 0 Å². The highest BCUT2D eigenvalue weighted by atomic mass is 15.2. The van der Waals surface area contributed by atoms with Crippen LogP contribution in [-0.4, -0.2) is 15.8 Å². The largest absolute Gasteiger partial charge is 0.311 e. The number of para-hydroxylation sites is 4. The van der Waals surface area contributed by atoms with Gasteiger partial charge in [0, 0.05) is 66.8 Å². The summed E-state index contributed by atoms with van der Waals surface area (Å²) in [5.41, 5.74) is 32.9. The van der Waals surface area contributed by atoms with Gasteiger partial charge in [0.25, 0.3) is 6.71 Å². The predicted octanol–water partition coefficient (Wildman–Crippen LogP) is 25.8. The minimum atomic E-state index is -0.716. The molecule has 0 fully saturated rings. The lowest BCUT2D eigenvalue weighted by Gasteiger charge is -2.48. The van der Waals surface area contributed by atoms with E-state index in [1.54, 1.807) is 0 Å². The third-order valence-corrected chi connectivity index (χ3v) is 23.7. The normalized spacial score (nSPS) is 13.0. The first-order chi connectivity index (χ1) is 56.2. The van der Waals surface area contributed by atoms with Crippen molar-refractivity contribution >= 4 is 95.8 Å². The van der Waals surface area contributed by atoms with Gasteiger partial charge in [-0.15, -0.1) is 0 Å². The molecule has 0 amide bonds. The molecule has 19 aromatic rings. The Morgan fingerprint density at radius 2 is 0.469 bits per heavy atom. The van der Waals surface area contributed by atoms with Crippen LogP contribution in [0.3, 0.4) is 0 Å². The second kappa shape index (κ2) is 26.8. The molecule has 6 heteroatoms. The standard InChI is InChI=1S/C107H72BN5/c1-9-37-73(38-10-1)84-53-29-33-61-94(84)112-98-69-81(110-103(75-41-13-3-14-42-75)86-55-25-26-56-87(86)104(110)76-43-15-4-16-44-76)65-67-92(98)108-93-68-66-82(111-105(77-45-17-5-18-46-77)88-57-27-28-58-89(88)106(111)78-47-19-6-20-48-78)70-99(93)113(95-62-34-30-54-85(95)74-39-11-2-12-40-74)101-72-83(71-100(112)102(101)108)109-96-63-35-31-59-90(96)107(79-49-21-7-22-50-79,80-51-23-8-24-52-80)91-60-32-36-64-97(91)109/h1-72H. The number of benzene rings is 17. The number of anilines is 9. The van der Waals surface area contributed by atoms with Gasteiger partial charge in [-0.25, -0.2) is 0 Å². The van der Waals surface area contributed by atoms with Crippen LogP contribution in [0.5, 0.6) is 0 Å². The van der Waals surface area contributed by atoms with E-state index in [1.807, 2.05) is 0 Å². The van der Waals surface area contributed by atoms with Crippen LogP contribution in [-0.2, 0) is 5.41 Å². The molecule has 0 unspecified atom stereocenters. The molecule has 0 aliphatic carbocycles. The van der Waals surface area contributed by atoms with Crippen molar-refractivity contribution in [1.29, 1.82) is 0 Å². The number of hydrogen-bond donors (Lipinski definition) is 0. The molecule has 0 saturated heterocycles. The van der Waals surface area contributed by atoms with Gasteiger partial charge in [0.1, 0.15) is 0 Å². The molecular formula is C107H72BN5. The first-order valence-electron chi connectivity index (χ1n) is 39.1. The highest BCUT2D eigenvalue weighted by molar-refractivity contribution is 7.00. The highest BCUT2D eigenvalue weighted by Gasteiger charge is 2.49. The van der Waals surface area contributed by atoms with Crippen LogP contribution in [0.4, 0.5) is 51.2 Å². The molecule has 17 aromatic carbocycles. The number of hydrogen-bond acceptors (Lipinski definition) is 3. The van der Waals surface area contributed by atoms with Gasteiger partial charge in [-0.1, -0.05) is 376 Å². The Morgan fingerprint density at radius 1 is 0.195 bits per heavy atom. The fourth-order valence-corrected chi connectivity index (χ4v) is 19.2. The van der Waals surface area contributed by atoms with Gasteiger partial charge in [0.15, 0.2) is 0 Å². The molecule has 5 nitrogen and oxygen atoms in total. The van der Waals surface area contributed by atoms with Crippen molar-refractivity contribution in [2.45, 2.75) is 5.41 Å². The maximum absolute atomic E-state index is 2.65. The van der Waals surface area contributed by atoms with E-state index in [9.17, 15) is 0 Å². The first-order valence-corrected chi connectivity index (χ1v) is 39.1. The fourth-order valence-electron chi connectivity index (χ4n) is 19.2. The van der Waals surface area contributed by atoms with Crippen molar-refractivity contribution in [3.05, 3.63) is 459 Å². The minimum Gasteiger partial charge on any atom is -0.311 e. The zero-order chi connectivity index (χ0) is 74.5. The first kappa shape index (κ1) is 65.4. The number of fused-ring (bicyclic) bond motifs is 8. The van der Waals surface area contributed by atoms with E-state index >= 15 is 0 Å². The fraction of sp³-hybridized carbons (Fsp3) is 0.00935. The number of rotatable bonds is 13. The predicted molar refractivity (Wildman–Crippen MR) is 473 cm³/mol. The highest BCUT2D eigenvalue weighted by Crippen LogP contribution is 2.60. The molecular weight excluding hydrogens is 1370 g/mol. The summed E-state index contributed by atoms with van der Waals surface area (Å²) in [5.74, 6) is 0. The maximum atomic E-state index is 2.65. The smallest absolute Gasteiger partial charge is 0.252 e. The van der Waals surface area contributed by atoms with E-state index in [2.05, 4.69) is 461 Å². The molecule has 0 radical (unpaired) electrons. The maximum Gasteiger partial charge on any atom is 0.252 e. The van der Waals surface area contributed by atoms with Gasteiger partial charge in [-0.05, 0) is 133 Å². The molecule has 3 aliphatic heterocycles. The molecule has 528 valence electrons. The van der Waals surface area contributed by atoms with Crippen molar-refractivity contribution in [2.24, 2.45) is 0 Å². The lowest BCUT2D eigenvalue weighted by Crippen LogP contribution is -2.61. The lowest BCUT2D eigenvalue weighted by molar-refractivity contribution is 0.731. The van der Waals surface area contributed by atoms with Crippen LogP contribution in [0.25, 0.3) is 100 Å². The number of aromatic nitrogens is 2. The Kier molecular flexibility index (Phi) is 15.5. The van der Waals surface area contributed by atoms with E-state index in [-0.39, 0.29) is 6.71 Å². The topological polar surface area (TPSA) is 19.6 Å². The van der Waals surface area contributed by atoms with Gasteiger partial charge >= 0.3 is 0 Å². The molecule has 3 aliphatic rings. The summed E-state index contributed by atoms with van der Waals surface area (Å²) >= 11 is 0. The summed E-state index contributed by atoms with van der Waals surface area (Å²) in [5, 5.41) is 4.73. The van der Waals surface area contributed by atoms with E-state index in [0.717, 1.165) is 130 Å². The van der Waals surface area contributed by atoms with Gasteiger partial charge in [0.05, 0.1) is 56.6 Å². The van der Waals surface area contributed by atoms with Gasteiger partial charge in [0.2, 0.25) is 0 Å². The average Bonchev–Trinajstić information content (AvgIpc) is 1.32. The molecule has 113 heavy (non-hydrogen) atoms. The van der Waals surface area contributed by atoms with Crippen LogP contribution in [0.2, 0.25) is 0 Å². The molecule has 2 aromatic heterocycles. The Morgan fingerprint density at radius 3 is 0.814 bits per heavy atom.